The Morgan fingerprint density at radius 2 is 2.29 bits per heavy atom. The summed E-state index contributed by atoms with van der Waals surface area (Å²) in [5.41, 5.74) is -0.136. The highest BCUT2D eigenvalue weighted by Gasteiger charge is 2.14. The molecule has 92 valence electrons. The second kappa shape index (κ2) is 6.14. The van der Waals surface area contributed by atoms with E-state index < -0.39 is 10.9 Å². The number of nitro groups is 1. The van der Waals surface area contributed by atoms with Crippen LogP contribution in [0.15, 0.2) is 16.7 Å². The summed E-state index contributed by atoms with van der Waals surface area (Å²) in [5, 5.41) is 21.9. The summed E-state index contributed by atoms with van der Waals surface area (Å²) in [5.74, 6) is -0.765. The monoisotopic (exact) mass is 303 g/mol. The Balaban J connectivity index is 2.65. The number of aliphatic carboxylic acids is 1. The van der Waals surface area contributed by atoms with Crippen LogP contribution in [0.5, 0.6) is 0 Å². The number of hydrogen-bond donors (Lipinski definition) is 2. The maximum atomic E-state index is 10.7. The summed E-state index contributed by atoms with van der Waals surface area (Å²) in [7, 11) is 0. The lowest BCUT2D eigenvalue weighted by molar-refractivity contribution is -0.384. The van der Waals surface area contributed by atoms with Crippen molar-refractivity contribution in [2.24, 2.45) is 0 Å². The minimum absolute atomic E-state index is 0.00873. The first kappa shape index (κ1) is 13.4. The maximum absolute atomic E-state index is 10.7. The Kier molecular flexibility index (Phi) is 4.83. The van der Waals surface area contributed by atoms with Gasteiger partial charge in [0.15, 0.2) is 0 Å². The summed E-state index contributed by atoms with van der Waals surface area (Å²) in [4.78, 5) is 24.4. The molecule has 0 aliphatic heterocycles. The molecule has 0 radical (unpaired) electrons. The molecule has 1 heterocycles. The van der Waals surface area contributed by atoms with E-state index in [1.807, 2.05) is 0 Å². The highest BCUT2D eigenvalue weighted by molar-refractivity contribution is 9.10. The molecule has 17 heavy (non-hydrogen) atoms. The lowest BCUT2D eigenvalue weighted by Gasteiger charge is -2.05. The van der Waals surface area contributed by atoms with Crippen molar-refractivity contribution in [1.82, 2.24) is 4.98 Å². The third-order valence-electron chi connectivity index (χ3n) is 1.90. The molecule has 0 amide bonds. The van der Waals surface area contributed by atoms with Crippen LogP contribution in [0, 0.1) is 10.1 Å². The zero-order valence-electron chi connectivity index (χ0n) is 8.72. The highest BCUT2D eigenvalue weighted by Crippen LogP contribution is 2.23. The van der Waals surface area contributed by atoms with Crippen LogP contribution in [0.4, 0.5) is 11.5 Å². The number of halogens is 1. The van der Waals surface area contributed by atoms with Gasteiger partial charge in [0, 0.05) is 19.0 Å². The SMILES string of the molecule is O=C(O)CCCNc1nc(Br)ccc1[N+](=O)[O-]. The lowest BCUT2D eigenvalue weighted by Crippen LogP contribution is -2.08. The molecular weight excluding hydrogens is 294 g/mol. The summed E-state index contributed by atoms with van der Waals surface area (Å²) in [6, 6.07) is 2.80. The van der Waals surface area contributed by atoms with Crippen LogP contribution in [0.25, 0.3) is 0 Å². The van der Waals surface area contributed by atoms with Crippen LogP contribution in [-0.4, -0.2) is 27.5 Å². The quantitative estimate of drug-likeness (QED) is 0.360. The third-order valence-corrected chi connectivity index (χ3v) is 2.34. The molecule has 0 saturated heterocycles. The summed E-state index contributed by atoms with van der Waals surface area (Å²) < 4.78 is 0.476. The summed E-state index contributed by atoms with van der Waals surface area (Å²) in [6.45, 7) is 0.316. The predicted molar refractivity (Wildman–Crippen MR) is 64.0 cm³/mol. The minimum Gasteiger partial charge on any atom is -0.481 e. The number of carbonyl (C=O) groups is 1. The second-order valence-corrected chi connectivity index (χ2v) is 4.00. The number of carboxylic acids is 1. The number of rotatable bonds is 6. The van der Waals surface area contributed by atoms with Crippen molar-refractivity contribution in [1.29, 1.82) is 0 Å². The van der Waals surface area contributed by atoms with Gasteiger partial charge in [0.1, 0.15) is 4.60 Å². The summed E-state index contributed by atoms with van der Waals surface area (Å²) in [6.07, 6.45) is 0.384. The largest absolute Gasteiger partial charge is 0.481 e. The zero-order valence-corrected chi connectivity index (χ0v) is 10.3. The third kappa shape index (κ3) is 4.35. The topological polar surface area (TPSA) is 105 Å². The fourth-order valence-electron chi connectivity index (χ4n) is 1.15. The van der Waals surface area contributed by atoms with Gasteiger partial charge >= 0.3 is 11.7 Å². The van der Waals surface area contributed by atoms with E-state index in [-0.39, 0.29) is 17.9 Å². The van der Waals surface area contributed by atoms with E-state index in [1.54, 1.807) is 0 Å². The Hall–Kier alpha value is -1.70. The molecule has 2 N–H and O–H groups in total. The first-order valence-corrected chi connectivity index (χ1v) is 5.56. The second-order valence-electron chi connectivity index (χ2n) is 3.18. The van der Waals surface area contributed by atoms with E-state index in [4.69, 9.17) is 5.11 Å². The van der Waals surface area contributed by atoms with Crippen LogP contribution in [0.1, 0.15) is 12.8 Å². The van der Waals surface area contributed by atoms with Crippen molar-refractivity contribution in [3.8, 4) is 0 Å². The van der Waals surface area contributed by atoms with Gasteiger partial charge in [-0.1, -0.05) is 0 Å². The molecule has 1 aromatic rings. The number of anilines is 1. The first-order chi connectivity index (χ1) is 8.00. The fraction of sp³-hybridized carbons (Fsp3) is 0.333. The normalized spacial score (nSPS) is 9.94. The molecule has 0 aromatic carbocycles. The van der Waals surface area contributed by atoms with E-state index in [0.717, 1.165) is 0 Å². The minimum atomic E-state index is -0.900. The average Bonchev–Trinajstić information content (AvgIpc) is 2.23. The van der Waals surface area contributed by atoms with Gasteiger partial charge in [0.2, 0.25) is 5.82 Å². The van der Waals surface area contributed by atoms with E-state index in [0.29, 0.717) is 17.6 Å². The molecule has 7 nitrogen and oxygen atoms in total. The number of nitrogens with one attached hydrogen (secondary N) is 1. The standard InChI is InChI=1S/C9H10BrN3O4/c10-7-4-3-6(13(16)17)9(12-7)11-5-1-2-8(14)15/h3-4H,1-2,5H2,(H,11,12)(H,14,15). The van der Waals surface area contributed by atoms with Gasteiger partial charge in [-0.2, -0.15) is 0 Å². The molecule has 8 heteroatoms. The molecule has 1 aromatic heterocycles. The molecule has 0 aliphatic rings. The Bertz CT molecular complexity index is 438. The Morgan fingerprint density at radius 3 is 2.88 bits per heavy atom. The molecule has 0 saturated carbocycles. The van der Waals surface area contributed by atoms with Gasteiger partial charge in [0.25, 0.3) is 0 Å². The zero-order chi connectivity index (χ0) is 12.8. The first-order valence-electron chi connectivity index (χ1n) is 4.77. The van der Waals surface area contributed by atoms with Crippen molar-refractivity contribution in [2.75, 3.05) is 11.9 Å². The molecule has 0 unspecified atom stereocenters. The number of nitrogens with zero attached hydrogens (tertiary/aromatic N) is 2. The number of carboxylic acid groups (broad SMARTS) is 1. The van der Waals surface area contributed by atoms with Gasteiger partial charge in [0.05, 0.1) is 4.92 Å². The Labute approximate surface area is 105 Å². The van der Waals surface area contributed by atoms with Gasteiger partial charge < -0.3 is 10.4 Å². The number of hydrogen-bond acceptors (Lipinski definition) is 5. The molecule has 0 aliphatic carbocycles. The van der Waals surface area contributed by atoms with Crippen LogP contribution >= 0.6 is 15.9 Å². The van der Waals surface area contributed by atoms with Crippen molar-refractivity contribution in [3.63, 3.8) is 0 Å². The van der Waals surface area contributed by atoms with Crippen molar-refractivity contribution in [3.05, 3.63) is 26.9 Å². The van der Waals surface area contributed by atoms with Gasteiger partial charge in [-0.05, 0) is 28.4 Å². The van der Waals surface area contributed by atoms with E-state index in [9.17, 15) is 14.9 Å². The number of aromatic nitrogens is 1. The van der Waals surface area contributed by atoms with E-state index in [2.05, 4.69) is 26.2 Å². The van der Waals surface area contributed by atoms with Crippen molar-refractivity contribution >= 4 is 33.4 Å². The van der Waals surface area contributed by atoms with Crippen molar-refractivity contribution < 1.29 is 14.8 Å². The van der Waals surface area contributed by atoms with E-state index >= 15 is 0 Å². The van der Waals surface area contributed by atoms with Gasteiger partial charge in [-0.25, -0.2) is 4.98 Å². The van der Waals surface area contributed by atoms with Gasteiger partial charge in [-0.15, -0.1) is 0 Å². The molecule has 0 fully saturated rings. The maximum Gasteiger partial charge on any atom is 0.311 e. The van der Waals surface area contributed by atoms with Crippen LogP contribution < -0.4 is 5.32 Å². The number of pyridine rings is 1. The Morgan fingerprint density at radius 1 is 1.59 bits per heavy atom. The smallest absolute Gasteiger partial charge is 0.311 e. The van der Waals surface area contributed by atoms with Crippen LogP contribution in [0.3, 0.4) is 0 Å². The molecule has 0 atom stereocenters. The molecular formula is C9H10BrN3O4. The fourth-order valence-corrected chi connectivity index (χ4v) is 1.46. The lowest BCUT2D eigenvalue weighted by atomic mass is 10.3. The average molecular weight is 304 g/mol. The molecule has 1 rings (SSSR count). The van der Waals surface area contributed by atoms with Gasteiger partial charge in [-0.3, -0.25) is 14.9 Å². The van der Waals surface area contributed by atoms with Crippen LogP contribution in [0.2, 0.25) is 0 Å². The molecule has 0 bridgehead atoms. The summed E-state index contributed by atoms with van der Waals surface area (Å²) >= 11 is 3.11. The predicted octanol–water partition coefficient (Wildman–Crippen LogP) is 2.03. The van der Waals surface area contributed by atoms with Crippen LogP contribution in [-0.2, 0) is 4.79 Å². The highest BCUT2D eigenvalue weighted by atomic mass is 79.9. The molecule has 0 spiro atoms. The van der Waals surface area contributed by atoms with E-state index in [1.165, 1.54) is 12.1 Å². The van der Waals surface area contributed by atoms with Crippen molar-refractivity contribution in [2.45, 2.75) is 12.8 Å².